The van der Waals surface area contributed by atoms with Gasteiger partial charge in [0.25, 0.3) is 0 Å². The van der Waals surface area contributed by atoms with Gasteiger partial charge >= 0.3 is 0 Å². The molecule has 0 fully saturated rings. The van der Waals surface area contributed by atoms with E-state index in [1.54, 1.807) is 0 Å². The number of nitrogens with one attached hydrogen (secondary N) is 1. The molecule has 0 aromatic rings. The molecule has 0 bridgehead atoms. The molecule has 0 aliphatic carbocycles. The van der Waals surface area contributed by atoms with Crippen molar-refractivity contribution in [1.82, 2.24) is 5.32 Å². The lowest BCUT2D eigenvalue weighted by molar-refractivity contribution is -0.124. The molecule has 288 valence electrons. The van der Waals surface area contributed by atoms with Gasteiger partial charge in [0.15, 0.2) is 0 Å². The van der Waals surface area contributed by atoms with Crippen LogP contribution in [-0.4, -0.2) is 46.1 Å². The summed E-state index contributed by atoms with van der Waals surface area (Å²) < 4.78 is 0. The number of amides is 1. The van der Waals surface area contributed by atoms with Gasteiger partial charge in [-0.1, -0.05) is 166 Å². The van der Waals surface area contributed by atoms with Crippen LogP contribution >= 0.6 is 0 Å². The minimum atomic E-state index is -1.17. The van der Waals surface area contributed by atoms with Crippen LogP contribution in [0.5, 0.6) is 0 Å². The van der Waals surface area contributed by atoms with Crippen molar-refractivity contribution in [2.45, 2.75) is 231 Å². The van der Waals surface area contributed by atoms with E-state index in [-0.39, 0.29) is 12.5 Å². The zero-order valence-electron chi connectivity index (χ0n) is 32.6. The van der Waals surface area contributed by atoms with E-state index in [0.717, 1.165) is 44.9 Å². The molecule has 0 aliphatic heterocycles. The first-order chi connectivity index (χ1) is 24.1. The van der Waals surface area contributed by atoms with E-state index in [9.17, 15) is 20.1 Å². The fourth-order valence-electron chi connectivity index (χ4n) is 6.35. The first-order valence-electron chi connectivity index (χ1n) is 21.3. The smallest absolute Gasteiger partial charge is 0.220 e. The predicted molar refractivity (Wildman–Crippen MR) is 213 cm³/mol. The lowest BCUT2D eigenvalue weighted by Crippen LogP contribution is -2.50. The zero-order valence-corrected chi connectivity index (χ0v) is 32.6. The normalized spacial score (nSPS) is 14.0. The molecule has 5 heteroatoms. The van der Waals surface area contributed by atoms with Gasteiger partial charge in [-0.3, -0.25) is 4.79 Å². The number of aliphatic hydroxyl groups is 3. The molecular formula is C44H83NO4. The first-order valence-corrected chi connectivity index (χ1v) is 21.3. The fourth-order valence-corrected chi connectivity index (χ4v) is 6.35. The van der Waals surface area contributed by atoms with Crippen LogP contribution in [0.15, 0.2) is 36.5 Å². The second kappa shape index (κ2) is 39.4. The number of aliphatic hydroxyl groups excluding tert-OH is 3. The van der Waals surface area contributed by atoms with Gasteiger partial charge in [0.05, 0.1) is 18.8 Å². The minimum Gasteiger partial charge on any atom is -0.394 e. The Labute approximate surface area is 304 Å². The quantitative estimate of drug-likeness (QED) is 0.0384. The van der Waals surface area contributed by atoms with Crippen LogP contribution in [0.2, 0.25) is 0 Å². The standard InChI is InChI=1S/C44H83NO4/c1-3-5-7-9-11-13-15-17-19-20-21-22-23-25-27-29-31-33-35-37-39-43(48)45-41(40-46)44(49)42(47)38-36-34-32-30-28-26-24-18-16-14-12-10-8-6-4-2/h18,21-22,24,30,32,41-42,44,46-47,49H,3-17,19-20,23,25-29,31,33-40H2,1-2H3,(H,45,48)/b22-21-,24-18+,32-30+. The van der Waals surface area contributed by atoms with E-state index in [4.69, 9.17) is 0 Å². The summed E-state index contributed by atoms with van der Waals surface area (Å²) in [6.45, 7) is 4.15. The van der Waals surface area contributed by atoms with Crippen molar-refractivity contribution in [3.05, 3.63) is 36.5 Å². The first kappa shape index (κ1) is 47.6. The highest BCUT2D eigenvalue weighted by Gasteiger charge is 2.26. The Hall–Kier alpha value is -1.43. The van der Waals surface area contributed by atoms with Gasteiger partial charge in [0, 0.05) is 6.42 Å². The van der Waals surface area contributed by atoms with Crippen LogP contribution in [-0.2, 0) is 4.79 Å². The molecule has 4 N–H and O–H groups in total. The van der Waals surface area contributed by atoms with Crippen molar-refractivity contribution in [3.63, 3.8) is 0 Å². The third-order valence-electron chi connectivity index (χ3n) is 9.69. The molecule has 0 rings (SSSR count). The molecule has 0 aromatic heterocycles. The maximum atomic E-state index is 12.4. The Bertz CT molecular complexity index is 764. The molecule has 0 saturated heterocycles. The summed E-state index contributed by atoms with van der Waals surface area (Å²) in [4.78, 5) is 12.4. The largest absolute Gasteiger partial charge is 0.394 e. The third-order valence-corrected chi connectivity index (χ3v) is 9.69. The van der Waals surface area contributed by atoms with Crippen LogP contribution < -0.4 is 5.32 Å². The molecule has 0 aliphatic rings. The van der Waals surface area contributed by atoms with Crippen molar-refractivity contribution in [1.29, 1.82) is 0 Å². The highest BCUT2D eigenvalue weighted by atomic mass is 16.3. The molecule has 0 saturated carbocycles. The van der Waals surface area contributed by atoms with E-state index in [2.05, 4.69) is 55.6 Å². The van der Waals surface area contributed by atoms with Crippen molar-refractivity contribution in [3.8, 4) is 0 Å². The number of unbranched alkanes of at least 4 members (excludes halogenated alkanes) is 24. The van der Waals surface area contributed by atoms with Crippen molar-refractivity contribution in [2.24, 2.45) is 0 Å². The topological polar surface area (TPSA) is 89.8 Å². The molecule has 3 atom stereocenters. The van der Waals surface area contributed by atoms with Gasteiger partial charge in [0.2, 0.25) is 5.91 Å². The maximum absolute atomic E-state index is 12.4. The van der Waals surface area contributed by atoms with E-state index in [1.165, 1.54) is 141 Å². The molecule has 5 nitrogen and oxygen atoms in total. The summed E-state index contributed by atoms with van der Waals surface area (Å²) in [7, 11) is 0. The summed E-state index contributed by atoms with van der Waals surface area (Å²) in [5.41, 5.74) is 0. The third kappa shape index (κ3) is 34.8. The van der Waals surface area contributed by atoms with Crippen LogP contribution in [0.25, 0.3) is 0 Å². The number of hydrogen-bond donors (Lipinski definition) is 4. The number of carbonyl (C=O) groups excluding carboxylic acids is 1. The molecule has 0 spiro atoms. The summed E-state index contributed by atoms with van der Waals surface area (Å²) in [5, 5.41) is 33.4. The summed E-state index contributed by atoms with van der Waals surface area (Å²) in [6, 6.07) is -0.833. The Balaban J connectivity index is 3.70. The average molecular weight is 690 g/mol. The second-order valence-corrected chi connectivity index (χ2v) is 14.5. The molecule has 49 heavy (non-hydrogen) atoms. The minimum absolute atomic E-state index is 0.163. The number of hydrogen-bond acceptors (Lipinski definition) is 4. The van der Waals surface area contributed by atoms with Crippen molar-refractivity contribution >= 4 is 5.91 Å². The molecule has 0 heterocycles. The summed E-state index contributed by atoms with van der Waals surface area (Å²) in [6.07, 6.45) is 48.2. The Kier molecular flexibility index (Phi) is 38.2. The zero-order chi connectivity index (χ0) is 35.9. The van der Waals surface area contributed by atoms with Crippen LogP contribution in [0.3, 0.4) is 0 Å². The highest BCUT2D eigenvalue weighted by molar-refractivity contribution is 5.76. The predicted octanol–water partition coefficient (Wildman–Crippen LogP) is 12.0. The van der Waals surface area contributed by atoms with E-state index in [0.29, 0.717) is 12.8 Å². The highest BCUT2D eigenvalue weighted by Crippen LogP contribution is 2.14. The summed E-state index contributed by atoms with van der Waals surface area (Å²) >= 11 is 0. The fraction of sp³-hybridized carbons (Fsp3) is 0.841. The average Bonchev–Trinajstić information content (AvgIpc) is 3.10. The van der Waals surface area contributed by atoms with Crippen molar-refractivity contribution in [2.75, 3.05) is 6.61 Å². The molecule has 0 aromatic carbocycles. The van der Waals surface area contributed by atoms with E-state index < -0.39 is 18.2 Å². The van der Waals surface area contributed by atoms with Gasteiger partial charge < -0.3 is 20.6 Å². The molecule has 0 radical (unpaired) electrons. The van der Waals surface area contributed by atoms with Crippen LogP contribution in [0.4, 0.5) is 0 Å². The monoisotopic (exact) mass is 690 g/mol. The second-order valence-electron chi connectivity index (χ2n) is 14.5. The van der Waals surface area contributed by atoms with Gasteiger partial charge in [-0.15, -0.1) is 0 Å². The Morgan fingerprint density at radius 1 is 0.490 bits per heavy atom. The van der Waals surface area contributed by atoms with E-state index >= 15 is 0 Å². The Morgan fingerprint density at radius 3 is 1.24 bits per heavy atom. The summed E-state index contributed by atoms with van der Waals surface area (Å²) in [5.74, 6) is -0.163. The van der Waals surface area contributed by atoms with Gasteiger partial charge in [-0.25, -0.2) is 0 Å². The van der Waals surface area contributed by atoms with Gasteiger partial charge in [-0.2, -0.15) is 0 Å². The van der Waals surface area contributed by atoms with Gasteiger partial charge in [-0.05, 0) is 77.0 Å². The molecule has 1 amide bonds. The maximum Gasteiger partial charge on any atom is 0.220 e. The van der Waals surface area contributed by atoms with Crippen LogP contribution in [0, 0.1) is 0 Å². The van der Waals surface area contributed by atoms with Gasteiger partial charge in [0.1, 0.15) is 6.10 Å². The molecular weight excluding hydrogens is 606 g/mol. The lowest BCUT2D eigenvalue weighted by Gasteiger charge is -2.26. The van der Waals surface area contributed by atoms with E-state index in [1.807, 2.05) is 0 Å². The number of carbonyl (C=O) groups is 1. The van der Waals surface area contributed by atoms with Crippen LogP contribution in [0.1, 0.15) is 213 Å². The van der Waals surface area contributed by atoms with Crippen molar-refractivity contribution < 1.29 is 20.1 Å². The number of allylic oxidation sites excluding steroid dienone is 6. The molecule has 3 unspecified atom stereocenters. The number of rotatable bonds is 38. The Morgan fingerprint density at radius 2 is 0.837 bits per heavy atom. The SMILES string of the molecule is CCCCCCCC/C=C/CC/C=C/CCCC(O)C(O)C(CO)NC(=O)CCCCCCCCC/C=C\CCCCCCCCCCC. The lowest BCUT2D eigenvalue weighted by atomic mass is 10.0.